The highest BCUT2D eigenvalue weighted by atomic mass is 16.3. The van der Waals surface area contributed by atoms with E-state index in [-0.39, 0.29) is 0 Å². The van der Waals surface area contributed by atoms with Gasteiger partial charge in [-0.2, -0.15) is 0 Å². The Morgan fingerprint density at radius 3 is 1.61 bits per heavy atom. The molecule has 5 heteroatoms. The number of hydrogen-bond acceptors (Lipinski definition) is 4. The number of hydrogen-bond donors (Lipinski definition) is 0. The molecule has 3 aromatic heterocycles. The van der Waals surface area contributed by atoms with E-state index in [0.29, 0.717) is 17.5 Å². The third-order valence-electron chi connectivity index (χ3n) is 11.8. The predicted molar refractivity (Wildman–Crippen MR) is 254 cm³/mol. The van der Waals surface area contributed by atoms with E-state index in [1.165, 1.54) is 33.0 Å². The molecule has 3 heterocycles. The topological polar surface area (TPSA) is 56.7 Å². The van der Waals surface area contributed by atoms with Gasteiger partial charge in [-0.05, 0) is 88.0 Å². The minimum absolute atomic E-state index is 0.583. The number of aromatic nitrogens is 4. The SMILES string of the molecule is c1ccc(-c2cc(-c3ccccc3)c3c4ccccc4n(-c4cccc(-c5cccc(-c6nc(-c7ccccc7)nc(-c7ccc8c(c7)oc7ccccc78)n6)c5)c4)c3c2)cc1. The van der Waals surface area contributed by atoms with Crippen molar-refractivity contribution >= 4 is 43.7 Å². The van der Waals surface area contributed by atoms with E-state index >= 15 is 0 Å². The Hall–Kier alpha value is -8.41. The summed E-state index contributed by atoms with van der Waals surface area (Å²) in [6.45, 7) is 0. The van der Waals surface area contributed by atoms with Crippen LogP contribution in [0.15, 0.2) is 223 Å². The fourth-order valence-corrected chi connectivity index (χ4v) is 8.89. The zero-order valence-corrected chi connectivity index (χ0v) is 33.5. The highest BCUT2D eigenvalue weighted by molar-refractivity contribution is 6.17. The monoisotopic (exact) mass is 792 g/mol. The summed E-state index contributed by atoms with van der Waals surface area (Å²) in [6, 6.07) is 76.6. The lowest BCUT2D eigenvalue weighted by Crippen LogP contribution is -2.00. The van der Waals surface area contributed by atoms with Crippen LogP contribution in [0.2, 0.25) is 0 Å². The van der Waals surface area contributed by atoms with Crippen molar-refractivity contribution in [2.24, 2.45) is 0 Å². The number of para-hydroxylation sites is 2. The second kappa shape index (κ2) is 14.7. The quantitative estimate of drug-likeness (QED) is 0.161. The third kappa shape index (κ3) is 6.14. The summed E-state index contributed by atoms with van der Waals surface area (Å²) >= 11 is 0. The summed E-state index contributed by atoms with van der Waals surface area (Å²) in [5, 5.41) is 4.60. The molecule has 0 radical (unpaired) electrons. The first-order valence-electron chi connectivity index (χ1n) is 20.8. The molecule has 0 N–H and O–H groups in total. The minimum Gasteiger partial charge on any atom is -0.456 e. The largest absolute Gasteiger partial charge is 0.456 e. The number of furan rings is 1. The molecule has 0 saturated carbocycles. The van der Waals surface area contributed by atoms with Crippen LogP contribution in [0.1, 0.15) is 0 Å². The normalized spacial score (nSPS) is 11.5. The molecule has 0 aliphatic carbocycles. The van der Waals surface area contributed by atoms with Crippen LogP contribution in [0.4, 0.5) is 0 Å². The van der Waals surface area contributed by atoms with E-state index in [1.807, 2.05) is 54.6 Å². The first kappa shape index (κ1) is 35.5. The summed E-state index contributed by atoms with van der Waals surface area (Å²) in [6.07, 6.45) is 0. The Morgan fingerprint density at radius 2 is 0.855 bits per heavy atom. The lowest BCUT2D eigenvalue weighted by Gasteiger charge is -2.13. The van der Waals surface area contributed by atoms with Gasteiger partial charge >= 0.3 is 0 Å². The summed E-state index contributed by atoms with van der Waals surface area (Å²) in [5.74, 6) is 1.79. The van der Waals surface area contributed by atoms with Crippen LogP contribution >= 0.6 is 0 Å². The van der Waals surface area contributed by atoms with Gasteiger partial charge in [-0.15, -0.1) is 0 Å². The van der Waals surface area contributed by atoms with Crippen LogP contribution < -0.4 is 0 Å². The lowest BCUT2D eigenvalue weighted by atomic mass is 9.94. The van der Waals surface area contributed by atoms with Gasteiger partial charge in [0.1, 0.15) is 11.2 Å². The fourth-order valence-electron chi connectivity index (χ4n) is 8.89. The first-order chi connectivity index (χ1) is 30.7. The van der Waals surface area contributed by atoms with Crippen molar-refractivity contribution in [2.75, 3.05) is 0 Å². The van der Waals surface area contributed by atoms with E-state index < -0.39 is 0 Å². The van der Waals surface area contributed by atoms with Gasteiger partial charge in [0, 0.05) is 43.9 Å². The molecule has 0 bridgehead atoms. The first-order valence-corrected chi connectivity index (χ1v) is 20.8. The van der Waals surface area contributed by atoms with Gasteiger partial charge in [0.15, 0.2) is 17.5 Å². The standard InChI is InChI=1S/C57H36N4O/c1-4-16-37(17-5-1)44-34-49(38-18-6-2-7-19-38)54-48-27-10-12-28-50(48)61(51(54)35-44)45-25-15-23-41(33-45)40-22-14-24-42(32-40)56-58-55(39-20-8-3-9-21-39)59-57(60-56)43-30-31-47-46-26-11-13-29-52(46)62-53(47)36-43/h1-36H. The van der Waals surface area contributed by atoms with E-state index in [2.05, 4.69) is 168 Å². The van der Waals surface area contributed by atoms with Crippen molar-refractivity contribution in [1.82, 2.24) is 19.5 Å². The van der Waals surface area contributed by atoms with Crippen molar-refractivity contribution < 1.29 is 4.42 Å². The fraction of sp³-hybridized carbons (Fsp3) is 0. The molecule has 0 amide bonds. The van der Waals surface area contributed by atoms with Crippen LogP contribution in [0.25, 0.3) is 117 Å². The molecule has 0 spiro atoms. The summed E-state index contributed by atoms with van der Waals surface area (Å²) in [5.41, 5.74) is 14.6. The number of nitrogens with zero attached hydrogens (tertiary/aromatic N) is 4. The number of fused-ring (bicyclic) bond motifs is 6. The Bertz CT molecular complexity index is 3630. The summed E-state index contributed by atoms with van der Waals surface area (Å²) < 4.78 is 8.69. The zero-order valence-electron chi connectivity index (χ0n) is 33.5. The maximum atomic E-state index is 6.27. The van der Waals surface area contributed by atoms with Crippen LogP contribution in [-0.2, 0) is 0 Å². The molecule has 0 atom stereocenters. The smallest absolute Gasteiger partial charge is 0.164 e. The molecule has 62 heavy (non-hydrogen) atoms. The van der Waals surface area contributed by atoms with Crippen LogP contribution in [0.5, 0.6) is 0 Å². The number of benzene rings is 9. The van der Waals surface area contributed by atoms with Crippen LogP contribution in [0.3, 0.4) is 0 Å². The van der Waals surface area contributed by atoms with Crippen molar-refractivity contribution in [1.29, 1.82) is 0 Å². The van der Waals surface area contributed by atoms with Crippen molar-refractivity contribution in [2.45, 2.75) is 0 Å². The molecule has 0 fully saturated rings. The van der Waals surface area contributed by atoms with E-state index in [9.17, 15) is 0 Å². The van der Waals surface area contributed by atoms with Crippen LogP contribution in [-0.4, -0.2) is 19.5 Å². The number of rotatable bonds is 7. The van der Waals surface area contributed by atoms with Crippen molar-refractivity contribution in [3.8, 4) is 73.2 Å². The maximum absolute atomic E-state index is 6.27. The predicted octanol–water partition coefficient (Wildman–Crippen LogP) is 14.9. The van der Waals surface area contributed by atoms with Crippen LogP contribution in [0, 0.1) is 0 Å². The van der Waals surface area contributed by atoms with Gasteiger partial charge in [-0.1, -0.05) is 164 Å². The van der Waals surface area contributed by atoms with Gasteiger partial charge in [-0.3, -0.25) is 0 Å². The second-order valence-corrected chi connectivity index (χ2v) is 15.6. The zero-order chi connectivity index (χ0) is 41.0. The molecule has 0 aliphatic heterocycles. The summed E-state index contributed by atoms with van der Waals surface area (Å²) in [4.78, 5) is 15.2. The van der Waals surface area contributed by atoms with Gasteiger partial charge < -0.3 is 8.98 Å². The van der Waals surface area contributed by atoms with Gasteiger partial charge in [0.2, 0.25) is 0 Å². The molecular formula is C57H36N4O. The van der Waals surface area contributed by atoms with Gasteiger partial charge in [0.25, 0.3) is 0 Å². The minimum atomic E-state index is 0.583. The van der Waals surface area contributed by atoms with Gasteiger partial charge in [-0.25, -0.2) is 15.0 Å². The van der Waals surface area contributed by atoms with E-state index in [4.69, 9.17) is 19.4 Å². The average molecular weight is 793 g/mol. The highest BCUT2D eigenvalue weighted by Crippen LogP contribution is 2.42. The van der Waals surface area contributed by atoms with E-state index in [1.54, 1.807) is 0 Å². The molecule has 290 valence electrons. The third-order valence-corrected chi connectivity index (χ3v) is 11.8. The molecule has 5 nitrogen and oxygen atoms in total. The molecule has 12 aromatic rings. The Kier molecular flexibility index (Phi) is 8.42. The molecule has 0 unspecified atom stereocenters. The average Bonchev–Trinajstić information content (AvgIpc) is 3.90. The molecule has 9 aromatic carbocycles. The molecular weight excluding hydrogens is 757 g/mol. The Morgan fingerprint density at radius 1 is 0.306 bits per heavy atom. The van der Waals surface area contributed by atoms with Crippen molar-refractivity contribution in [3.63, 3.8) is 0 Å². The second-order valence-electron chi connectivity index (χ2n) is 15.6. The van der Waals surface area contributed by atoms with E-state index in [0.717, 1.165) is 66.5 Å². The molecule has 0 saturated heterocycles. The molecule has 12 rings (SSSR count). The lowest BCUT2D eigenvalue weighted by molar-refractivity contribution is 0.669. The van der Waals surface area contributed by atoms with Gasteiger partial charge in [0.05, 0.1) is 11.0 Å². The molecule has 0 aliphatic rings. The maximum Gasteiger partial charge on any atom is 0.164 e. The van der Waals surface area contributed by atoms with Crippen molar-refractivity contribution in [3.05, 3.63) is 218 Å². The Labute approximate surface area is 357 Å². The Balaban J connectivity index is 0.999. The summed E-state index contributed by atoms with van der Waals surface area (Å²) in [7, 11) is 0. The highest BCUT2D eigenvalue weighted by Gasteiger charge is 2.20.